The van der Waals surface area contributed by atoms with Crippen molar-refractivity contribution in [1.82, 2.24) is 10.3 Å². The average molecular weight is 488 g/mol. The number of ether oxygens (including phenoxy) is 2. The number of aromatic amines is 1. The lowest BCUT2D eigenvalue weighted by Gasteiger charge is -2.41. The maximum absolute atomic E-state index is 13.2. The first-order chi connectivity index (χ1) is 16.2. The molecule has 0 radical (unpaired) electrons. The Labute approximate surface area is 205 Å². The quantitative estimate of drug-likeness (QED) is 0.631. The third-order valence-corrected chi connectivity index (χ3v) is 7.35. The normalized spacial score (nSPS) is 17.8. The van der Waals surface area contributed by atoms with Crippen molar-refractivity contribution in [3.8, 4) is 0 Å². The molecule has 1 amide bonds. The predicted molar refractivity (Wildman–Crippen MR) is 134 cm³/mol. The first-order valence-corrected chi connectivity index (χ1v) is 12.4. The van der Waals surface area contributed by atoms with E-state index in [-0.39, 0.29) is 18.0 Å². The second-order valence-corrected chi connectivity index (χ2v) is 9.78. The van der Waals surface area contributed by atoms with Gasteiger partial charge < -0.3 is 24.7 Å². The lowest BCUT2D eigenvalue weighted by molar-refractivity contribution is -0.178. The van der Waals surface area contributed by atoms with Crippen LogP contribution in [0.1, 0.15) is 65.3 Å². The molecule has 2 aromatic rings. The molecule has 2 fully saturated rings. The molecule has 1 saturated heterocycles. The molecular weight excluding hydrogens is 454 g/mol. The fourth-order valence-corrected chi connectivity index (χ4v) is 5.54. The largest absolute Gasteiger partial charge is 0.369 e. The Morgan fingerprint density at radius 3 is 2.47 bits per heavy atom. The van der Waals surface area contributed by atoms with Crippen LogP contribution in [0.25, 0.3) is 0 Å². The van der Waals surface area contributed by atoms with Gasteiger partial charge in [0.1, 0.15) is 0 Å². The Kier molecular flexibility index (Phi) is 7.36. The fourth-order valence-electron chi connectivity index (χ4n) is 5.33. The van der Waals surface area contributed by atoms with Crippen LogP contribution < -0.4 is 15.8 Å². The van der Waals surface area contributed by atoms with Gasteiger partial charge in [0.15, 0.2) is 5.79 Å². The summed E-state index contributed by atoms with van der Waals surface area (Å²) in [6, 6.07) is 5.87. The van der Waals surface area contributed by atoms with E-state index in [1.807, 2.05) is 32.9 Å². The van der Waals surface area contributed by atoms with Crippen LogP contribution in [0.4, 0.5) is 5.69 Å². The third-order valence-electron chi connectivity index (χ3n) is 7.13. The van der Waals surface area contributed by atoms with E-state index in [1.54, 1.807) is 6.07 Å². The van der Waals surface area contributed by atoms with Gasteiger partial charge in [-0.25, -0.2) is 0 Å². The number of nitrogens with one attached hydrogen (secondary N) is 2. The number of rotatable bonds is 6. The topological polar surface area (TPSA) is 83.7 Å². The highest BCUT2D eigenvalue weighted by molar-refractivity contribution is 6.31. The SMILES string of the molecule is CCN(c1cc(Cl)cc(C(=O)NCc2c(C)cc(C)[nH]c2=O)c1C)C1CCC2(CC1)OCCO2. The van der Waals surface area contributed by atoms with Crippen molar-refractivity contribution in [2.75, 3.05) is 24.7 Å². The Bertz CT molecular complexity index is 1110. The maximum atomic E-state index is 13.2. The van der Waals surface area contributed by atoms with Gasteiger partial charge in [-0.3, -0.25) is 9.59 Å². The predicted octanol–water partition coefficient (Wildman–Crippen LogP) is 4.40. The number of carbonyl (C=O) groups is 1. The van der Waals surface area contributed by atoms with E-state index >= 15 is 0 Å². The van der Waals surface area contributed by atoms with Crippen molar-refractivity contribution in [3.05, 3.63) is 61.5 Å². The number of aromatic nitrogens is 1. The lowest BCUT2D eigenvalue weighted by Crippen LogP contribution is -2.44. The first kappa shape index (κ1) is 24.8. The van der Waals surface area contributed by atoms with Crippen molar-refractivity contribution in [3.63, 3.8) is 0 Å². The van der Waals surface area contributed by atoms with E-state index < -0.39 is 5.79 Å². The zero-order valence-corrected chi connectivity index (χ0v) is 21.2. The minimum absolute atomic E-state index is 0.157. The van der Waals surface area contributed by atoms with Crippen molar-refractivity contribution >= 4 is 23.2 Å². The molecule has 0 bridgehead atoms. The molecule has 1 aromatic heterocycles. The molecule has 184 valence electrons. The van der Waals surface area contributed by atoms with Crippen molar-refractivity contribution in [2.24, 2.45) is 0 Å². The Hall–Kier alpha value is -2.35. The van der Waals surface area contributed by atoms with Gasteiger partial charge in [0.2, 0.25) is 0 Å². The lowest BCUT2D eigenvalue weighted by atomic mass is 9.88. The number of amides is 1. The van der Waals surface area contributed by atoms with Gasteiger partial charge in [-0.05, 0) is 69.9 Å². The second-order valence-electron chi connectivity index (χ2n) is 9.35. The van der Waals surface area contributed by atoms with Crippen LogP contribution in [0.5, 0.6) is 0 Å². The number of hydrogen-bond donors (Lipinski definition) is 2. The standard InChI is InChI=1S/C26H34ClN3O4/c1-5-30(20-6-8-26(9-7-20)33-10-11-34-26)23-14-19(27)13-21(18(23)4)24(31)28-15-22-16(2)12-17(3)29-25(22)32/h12-14,20H,5-11,15H2,1-4H3,(H,28,31)(H,29,32). The van der Waals surface area contributed by atoms with Gasteiger partial charge in [-0.15, -0.1) is 0 Å². The Morgan fingerprint density at radius 2 is 1.85 bits per heavy atom. The summed E-state index contributed by atoms with van der Waals surface area (Å²) in [5, 5.41) is 3.43. The van der Waals surface area contributed by atoms with E-state index in [0.717, 1.165) is 54.7 Å². The second kappa shape index (κ2) is 10.1. The summed E-state index contributed by atoms with van der Waals surface area (Å²) in [6.45, 7) is 10.1. The highest BCUT2D eigenvalue weighted by Gasteiger charge is 2.41. The minimum Gasteiger partial charge on any atom is -0.369 e. The molecule has 1 aliphatic carbocycles. The highest BCUT2D eigenvalue weighted by atomic mass is 35.5. The van der Waals surface area contributed by atoms with Gasteiger partial charge >= 0.3 is 0 Å². The average Bonchev–Trinajstić information content (AvgIpc) is 3.24. The summed E-state index contributed by atoms with van der Waals surface area (Å²) in [4.78, 5) is 30.6. The molecule has 0 atom stereocenters. The van der Waals surface area contributed by atoms with Crippen LogP contribution in [0.15, 0.2) is 23.0 Å². The highest BCUT2D eigenvalue weighted by Crippen LogP contribution is 2.39. The summed E-state index contributed by atoms with van der Waals surface area (Å²) in [5.41, 5.74) is 4.41. The van der Waals surface area contributed by atoms with Gasteiger partial charge in [0, 0.05) is 59.5 Å². The molecule has 4 rings (SSSR count). The molecule has 34 heavy (non-hydrogen) atoms. The molecule has 8 heteroatoms. The van der Waals surface area contributed by atoms with Gasteiger partial charge in [0.25, 0.3) is 11.5 Å². The number of halogens is 1. The number of aryl methyl sites for hydroxylation is 2. The van der Waals surface area contributed by atoms with E-state index in [2.05, 4.69) is 22.1 Å². The Morgan fingerprint density at radius 1 is 1.18 bits per heavy atom. The van der Waals surface area contributed by atoms with Gasteiger partial charge in [-0.1, -0.05) is 11.6 Å². The van der Waals surface area contributed by atoms with E-state index in [1.165, 1.54) is 0 Å². The van der Waals surface area contributed by atoms with Crippen LogP contribution in [0, 0.1) is 20.8 Å². The van der Waals surface area contributed by atoms with Crippen molar-refractivity contribution < 1.29 is 14.3 Å². The maximum Gasteiger partial charge on any atom is 0.253 e. The van der Waals surface area contributed by atoms with Crippen molar-refractivity contribution in [2.45, 2.75) is 71.8 Å². The smallest absolute Gasteiger partial charge is 0.253 e. The van der Waals surface area contributed by atoms with Gasteiger partial charge in [0.05, 0.1) is 13.2 Å². The fraction of sp³-hybridized carbons (Fsp3) is 0.538. The molecule has 2 aliphatic rings. The van der Waals surface area contributed by atoms with Crippen LogP contribution in [0.3, 0.4) is 0 Å². The third kappa shape index (κ3) is 5.02. The van der Waals surface area contributed by atoms with E-state index in [0.29, 0.717) is 35.4 Å². The summed E-state index contributed by atoms with van der Waals surface area (Å²) < 4.78 is 11.8. The van der Waals surface area contributed by atoms with Crippen LogP contribution in [-0.2, 0) is 16.0 Å². The van der Waals surface area contributed by atoms with Crippen molar-refractivity contribution in [1.29, 1.82) is 0 Å². The van der Waals surface area contributed by atoms with Gasteiger partial charge in [-0.2, -0.15) is 0 Å². The number of anilines is 1. The van der Waals surface area contributed by atoms with Crippen LogP contribution in [0.2, 0.25) is 5.02 Å². The molecular formula is C26H34ClN3O4. The number of benzene rings is 1. The molecule has 1 aromatic carbocycles. The Balaban J connectivity index is 1.53. The van der Waals surface area contributed by atoms with Crippen LogP contribution in [-0.4, -0.2) is 42.5 Å². The summed E-state index contributed by atoms with van der Waals surface area (Å²) in [6.07, 6.45) is 3.64. The zero-order chi connectivity index (χ0) is 24.5. The molecule has 1 spiro atoms. The minimum atomic E-state index is -0.406. The van der Waals surface area contributed by atoms with E-state index in [9.17, 15) is 9.59 Å². The number of H-pyrrole nitrogens is 1. The molecule has 0 unspecified atom stereocenters. The number of carbonyl (C=O) groups excluding carboxylic acids is 1. The molecule has 1 aliphatic heterocycles. The molecule has 7 nitrogen and oxygen atoms in total. The first-order valence-electron chi connectivity index (χ1n) is 12.1. The van der Waals surface area contributed by atoms with Crippen LogP contribution >= 0.6 is 11.6 Å². The molecule has 2 N–H and O–H groups in total. The number of nitrogens with zero attached hydrogens (tertiary/aromatic N) is 1. The number of pyridine rings is 1. The summed E-state index contributed by atoms with van der Waals surface area (Å²) in [7, 11) is 0. The summed E-state index contributed by atoms with van der Waals surface area (Å²) in [5.74, 6) is -0.650. The molecule has 1 saturated carbocycles. The zero-order valence-electron chi connectivity index (χ0n) is 20.4. The summed E-state index contributed by atoms with van der Waals surface area (Å²) >= 11 is 6.49. The monoisotopic (exact) mass is 487 g/mol. The van der Waals surface area contributed by atoms with E-state index in [4.69, 9.17) is 21.1 Å². The number of hydrogen-bond acceptors (Lipinski definition) is 5. The molecule has 2 heterocycles.